The first-order valence-electron chi connectivity index (χ1n) is 9.56. The van der Waals surface area contributed by atoms with Crippen LogP contribution in [0.1, 0.15) is 49.2 Å². The fraction of sp³-hybridized carbons (Fsp3) is 0.524. The lowest BCUT2D eigenvalue weighted by Gasteiger charge is -2.33. The molecule has 2 heterocycles. The maximum absolute atomic E-state index is 12.7. The first kappa shape index (κ1) is 18.5. The van der Waals surface area contributed by atoms with E-state index in [1.165, 1.54) is 11.3 Å². The van der Waals surface area contributed by atoms with Crippen LogP contribution in [0.2, 0.25) is 0 Å². The molecule has 1 aliphatic rings. The van der Waals surface area contributed by atoms with Crippen molar-refractivity contribution < 1.29 is 4.79 Å². The van der Waals surface area contributed by atoms with Gasteiger partial charge in [-0.1, -0.05) is 12.1 Å². The molecule has 1 unspecified atom stereocenters. The van der Waals surface area contributed by atoms with Crippen LogP contribution < -0.4 is 5.32 Å². The van der Waals surface area contributed by atoms with Crippen molar-refractivity contribution in [1.29, 1.82) is 0 Å². The average Bonchev–Trinajstić information content (AvgIpc) is 2.94. The highest BCUT2D eigenvalue weighted by atomic mass is 16.2. The number of rotatable bonds is 5. The van der Waals surface area contributed by atoms with E-state index in [1.807, 2.05) is 23.4 Å². The highest BCUT2D eigenvalue weighted by Gasteiger charge is 2.24. The van der Waals surface area contributed by atoms with Crippen LogP contribution in [-0.4, -0.2) is 39.7 Å². The van der Waals surface area contributed by atoms with Gasteiger partial charge in [-0.15, -0.1) is 0 Å². The van der Waals surface area contributed by atoms with Crippen LogP contribution in [0.15, 0.2) is 30.3 Å². The monoisotopic (exact) mass is 354 g/mol. The Morgan fingerprint density at radius 3 is 2.58 bits per heavy atom. The molecule has 5 nitrogen and oxygen atoms in total. The van der Waals surface area contributed by atoms with E-state index in [2.05, 4.69) is 54.6 Å². The first-order valence-corrected chi connectivity index (χ1v) is 9.56. The van der Waals surface area contributed by atoms with E-state index in [0.717, 1.165) is 37.3 Å². The normalized spacial score (nSPS) is 16.5. The number of anilines is 1. The molecule has 1 saturated heterocycles. The van der Waals surface area contributed by atoms with Crippen molar-refractivity contribution in [3.63, 3.8) is 0 Å². The zero-order valence-corrected chi connectivity index (χ0v) is 16.3. The van der Waals surface area contributed by atoms with Crippen molar-refractivity contribution in [1.82, 2.24) is 14.7 Å². The molecule has 1 N–H and O–H groups in total. The molecule has 1 aliphatic heterocycles. The second-order valence-corrected chi connectivity index (χ2v) is 7.59. The van der Waals surface area contributed by atoms with E-state index in [9.17, 15) is 4.79 Å². The Bertz CT molecular complexity index is 759. The highest BCUT2D eigenvalue weighted by molar-refractivity contribution is 5.76. The SMILES string of the molecule is Cc1cccc(NC2CCN(C(=O)CC(C)n3nc(C)cc3C)CC2)c1. The van der Waals surface area contributed by atoms with Gasteiger partial charge in [0, 0.05) is 36.9 Å². The lowest BCUT2D eigenvalue weighted by atomic mass is 10.0. The van der Waals surface area contributed by atoms with E-state index in [1.54, 1.807) is 0 Å². The Morgan fingerprint density at radius 1 is 1.23 bits per heavy atom. The fourth-order valence-electron chi connectivity index (χ4n) is 3.80. The van der Waals surface area contributed by atoms with E-state index in [4.69, 9.17) is 0 Å². The minimum absolute atomic E-state index is 0.0966. The van der Waals surface area contributed by atoms with Gasteiger partial charge in [0.25, 0.3) is 0 Å². The van der Waals surface area contributed by atoms with Crippen molar-refractivity contribution >= 4 is 11.6 Å². The number of piperidine rings is 1. The molecule has 26 heavy (non-hydrogen) atoms. The van der Waals surface area contributed by atoms with E-state index < -0.39 is 0 Å². The summed E-state index contributed by atoms with van der Waals surface area (Å²) in [7, 11) is 0. The lowest BCUT2D eigenvalue weighted by Crippen LogP contribution is -2.43. The van der Waals surface area contributed by atoms with Gasteiger partial charge in [0.15, 0.2) is 0 Å². The lowest BCUT2D eigenvalue weighted by molar-refractivity contribution is -0.132. The number of hydrogen-bond acceptors (Lipinski definition) is 3. The highest BCUT2D eigenvalue weighted by Crippen LogP contribution is 2.20. The minimum Gasteiger partial charge on any atom is -0.382 e. The number of benzene rings is 1. The molecule has 0 spiro atoms. The first-order chi connectivity index (χ1) is 12.4. The van der Waals surface area contributed by atoms with Gasteiger partial charge in [-0.25, -0.2) is 0 Å². The molecule has 1 aromatic carbocycles. The summed E-state index contributed by atoms with van der Waals surface area (Å²) in [5.74, 6) is 0.235. The van der Waals surface area contributed by atoms with Crippen molar-refractivity contribution in [3.05, 3.63) is 47.3 Å². The zero-order valence-electron chi connectivity index (χ0n) is 16.3. The quantitative estimate of drug-likeness (QED) is 0.887. The standard InChI is InChI=1S/C21H30N4O/c1-15-6-5-7-20(12-15)22-19-8-10-24(11-9-19)21(26)14-18(4)25-17(3)13-16(2)23-25/h5-7,12-13,18-19,22H,8-11,14H2,1-4H3. The largest absolute Gasteiger partial charge is 0.382 e. The Labute approximate surface area is 156 Å². The van der Waals surface area contributed by atoms with E-state index in [-0.39, 0.29) is 11.9 Å². The second-order valence-electron chi connectivity index (χ2n) is 7.59. The van der Waals surface area contributed by atoms with Crippen molar-refractivity contribution in [2.75, 3.05) is 18.4 Å². The van der Waals surface area contributed by atoms with Crippen molar-refractivity contribution in [2.45, 2.75) is 59.0 Å². The summed E-state index contributed by atoms with van der Waals surface area (Å²) >= 11 is 0. The van der Waals surface area contributed by atoms with Crippen molar-refractivity contribution in [2.24, 2.45) is 0 Å². The molecule has 0 radical (unpaired) electrons. The minimum atomic E-state index is 0.0966. The van der Waals surface area contributed by atoms with E-state index >= 15 is 0 Å². The summed E-state index contributed by atoms with van der Waals surface area (Å²) in [5.41, 5.74) is 4.56. The van der Waals surface area contributed by atoms with Gasteiger partial charge < -0.3 is 10.2 Å². The smallest absolute Gasteiger partial charge is 0.224 e. The molecule has 3 rings (SSSR count). The third-order valence-corrected chi connectivity index (χ3v) is 5.17. The molecule has 2 aromatic rings. The van der Waals surface area contributed by atoms with Crippen LogP contribution in [0.5, 0.6) is 0 Å². The van der Waals surface area contributed by atoms with Crippen molar-refractivity contribution in [3.8, 4) is 0 Å². The van der Waals surface area contributed by atoms with Gasteiger partial charge in [-0.05, 0) is 64.3 Å². The van der Waals surface area contributed by atoms with E-state index in [0.29, 0.717) is 12.5 Å². The van der Waals surface area contributed by atoms with Gasteiger partial charge in [0.05, 0.1) is 11.7 Å². The van der Waals surface area contributed by atoms with Gasteiger partial charge in [-0.2, -0.15) is 5.10 Å². The maximum Gasteiger partial charge on any atom is 0.224 e. The summed E-state index contributed by atoms with van der Waals surface area (Å²) in [6.45, 7) is 9.87. The molecular weight excluding hydrogens is 324 g/mol. The Balaban J connectivity index is 1.49. The average molecular weight is 354 g/mol. The Hall–Kier alpha value is -2.30. The number of nitrogens with zero attached hydrogens (tertiary/aromatic N) is 3. The van der Waals surface area contributed by atoms with Gasteiger partial charge in [0.1, 0.15) is 0 Å². The molecular formula is C21H30N4O. The second kappa shape index (κ2) is 7.94. The van der Waals surface area contributed by atoms with Gasteiger partial charge >= 0.3 is 0 Å². The molecule has 0 aliphatic carbocycles. The number of aromatic nitrogens is 2. The predicted octanol–water partition coefficient (Wildman–Crippen LogP) is 3.86. The van der Waals surface area contributed by atoms with Crippen LogP contribution >= 0.6 is 0 Å². The Morgan fingerprint density at radius 2 is 1.96 bits per heavy atom. The molecule has 0 saturated carbocycles. The third kappa shape index (κ3) is 4.45. The molecule has 5 heteroatoms. The number of hydrogen-bond donors (Lipinski definition) is 1. The number of carbonyl (C=O) groups excluding carboxylic acids is 1. The summed E-state index contributed by atoms with van der Waals surface area (Å²) in [6, 6.07) is 11.1. The summed E-state index contributed by atoms with van der Waals surface area (Å²) in [5, 5.41) is 8.12. The topological polar surface area (TPSA) is 50.2 Å². The third-order valence-electron chi connectivity index (χ3n) is 5.17. The molecule has 1 amide bonds. The molecule has 0 bridgehead atoms. The van der Waals surface area contributed by atoms with Crippen LogP contribution in [0.3, 0.4) is 0 Å². The number of aryl methyl sites for hydroxylation is 3. The van der Waals surface area contributed by atoms with Crippen LogP contribution in [-0.2, 0) is 4.79 Å². The summed E-state index contributed by atoms with van der Waals surface area (Å²) < 4.78 is 1.97. The maximum atomic E-state index is 12.7. The molecule has 1 aromatic heterocycles. The summed E-state index contributed by atoms with van der Waals surface area (Å²) in [6.07, 6.45) is 2.50. The number of likely N-dealkylation sites (tertiary alicyclic amines) is 1. The molecule has 1 fully saturated rings. The van der Waals surface area contributed by atoms with Crippen LogP contribution in [0.25, 0.3) is 0 Å². The fourth-order valence-corrected chi connectivity index (χ4v) is 3.80. The molecule has 1 atom stereocenters. The number of amides is 1. The van der Waals surface area contributed by atoms with Crippen LogP contribution in [0, 0.1) is 20.8 Å². The number of nitrogens with one attached hydrogen (secondary N) is 1. The zero-order chi connectivity index (χ0) is 18.7. The Kier molecular flexibility index (Phi) is 5.64. The van der Waals surface area contributed by atoms with Gasteiger partial charge in [-0.3, -0.25) is 9.48 Å². The summed E-state index contributed by atoms with van der Waals surface area (Å²) in [4.78, 5) is 14.7. The predicted molar refractivity (Wildman–Crippen MR) is 105 cm³/mol. The number of carbonyl (C=O) groups is 1. The van der Waals surface area contributed by atoms with Crippen LogP contribution in [0.4, 0.5) is 5.69 Å². The molecule has 140 valence electrons. The van der Waals surface area contributed by atoms with Gasteiger partial charge in [0.2, 0.25) is 5.91 Å².